The number of aromatic nitrogens is 2. The van der Waals surface area contributed by atoms with Crippen LogP contribution in [0, 0.1) is 18.8 Å². The average molecular weight is 585 g/mol. The molecule has 0 aliphatic rings. The van der Waals surface area contributed by atoms with Crippen LogP contribution in [0.25, 0.3) is 17.0 Å². The number of allylic oxidation sites excluding steroid dienone is 3. The molecule has 8 nitrogen and oxygen atoms in total. The first kappa shape index (κ1) is 36.1. The van der Waals surface area contributed by atoms with Crippen LogP contribution in [0.2, 0.25) is 0 Å². The van der Waals surface area contributed by atoms with Crippen LogP contribution >= 0.6 is 0 Å². The van der Waals surface area contributed by atoms with Gasteiger partial charge in [-0.05, 0) is 55.4 Å². The summed E-state index contributed by atoms with van der Waals surface area (Å²) in [5.41, 5.74) is 6.87. The van der Waals surface area contributed by atoms with Crippen molar-refractivity contribution in [3.63, 3.8) is 0 Å². The number of rotatable bonds is 12. The molecule has 8 heteroatoms. The highest BCUT2D eigenvalue weighted by atomic mass is 16.5. The predicted octanol–water partition coefficient (Wildman–Crippen LogP) is 6.57. The molecule has 43 heavy (non-hydrogen) atoms. The molecule has 0 radical (unpaired) electrons. The van der Waals surface area contributed by atoms with Gasteiger partial charge >= 0.3 is 6.03 Å². The monoisotopic (exact) mass is 584 g/mol. The molecule has 3 aromatic rings. The summed E-state index contributed by atoms with van der Waals surface area (Å²) >= 11 is 0. The Balaban J connectivity index is 0.00000221. The lowest BCUT2D eigenvalue weighted by Gasteiger charge is -2.15. The molecular formula is C35H44N4O4. The van der Waals surface area contributed by atoms with Gasteiger partial charge in [0.05, 0.1) is 7.11 Å². The zero-order chi connectivity index (χ0) is 32.4. The summed E-state index contributed by atoms with van der Waals surface area (Å²) in [7, 11) is 1.52. The minimum atomic E-state index is -0.176. The Morgan fingerprint density at radius 1 is 1.05 bits per heavy atom. The summed E-state index contributed by atoms with van der Waals surface area (Å²) in [5.74, 6) is 1.54. The number of nitrogens with zero attached hydrogens (tertiary/aromatic N) is 2. The van der Waals surface area contributed by atoms with E-state index in [0.29, 0.717) is 43.0 Å². The van der Waals surface area contributed by atoms with Gasteiger partial charge in [0.2, 0.25) is 5.88 Å². The fraction of sp³-hybridized carbons (Fsp3) is 0.314. The van der Waals surface area contributed by atoms with Gasteiger partial charge in [0.25, 0.3) is 0 Å². The zero-order valence-corrected chi connectivity index (χ0v) is 26.1. The fourth-order valence-corrected chi connectivity index (χ4v) is 4.58. The van der Waals surface area contributed by atoms with E-state index in [1.807, 2.05) is 48.6 Å². The minimum absolute atomic E-state index is 0.176. The van der Waals surface area contributed by atoms with E-state index in [1.165, 1.54) is 12.7 Å². The molecule has 1 aromatic heterocycles. The van der Waals surface area contributed by atoms with Gasteiger partial charge in [0.1, 0.15) is 18.3 Å². The van der Waals surface area contributed by atoms with E-state index in [2.05, 4.69) is 86.5 Å². The minimum Gasteiger partial charge on any atom is -0.479 e. The second-order valence-electron chi connectivity index (χ2n) is 10.1. The van der Waals surface area contributed by atoms with Crippen molar-refractivity contribution in [3.05, 3.63) is 88.6 Å². The molecule has 0 unspecified atom stereocenters. The van der Waals surface area contributed by atoms with E-state index in [0.717, 1.165) is 40.5 Å². The highest BCUT2D eigenvalue weighted by Crippen LogP contribution is 2.28. The maximum Gasteiger partial charge on any atom is 0.315 e. The zero-order valence-electron chi connectivity index (χ0n) is 26.1. The maximum atomic E-state index is 12.0. The van der Waals surface area contributed by atoms with E-state index in [1.54, 1.807) is 0 Å². The molecule has 0 atom stereocenters. The smallest absolute Gasteiger partial charge is 0.315 e. The number of urea groups is 1. The summed E-state index contributed by atoms with van der Waals surface area (Å²) < 4.78 is 7.29. The molecule has 228 valence electrons. The van der Waals surface area contributed by atoms with Gasteiger partial charge in [-0.1, -0.05) is 80.1 Å². The number of carbonyl (C=O) groups is 3. The molecule has 0 aliphatic carbocycles. The first-order valence-corrected chi connectivity index (χ1v) is 14.0. The highest BCUT2D eigenvalue weighted by Gasteiger charge is 2.19. The summed E-state index contributed by atoms with van der Waals surface area (Å²) in [6.07, 6.45) is 12.0. The first-order chi connectivity index (χ1) is 20.8. The van der Waals surface area contributed by atoms with Crippen LogP contribution in [-0.4, -0.2) is 48.9 Å². The molecule has 1 heterocycles. The molecule has 2 aromatic carbocycles. The van der Waals surface area contributed by atoms with Gasteiger partial charge in [-0.3, -0.25) is 4.79 Å². The maximum absolute atomic E-state index is 12.0. The van der Waals surface area contributed by atoms with Gasteiger partial charge in [-0.25, -0.2) is 4.79 Å². The lowest BCUT2D eigenvalue weighted by Crippen LogP contribution is -2.36. The summed E-state index contributed by atoms with van der Waals surface area (Å²) in [6.45, 7) is 14.0. The van der Waals surface area contributed by atoms with E-state index in [4.69, 9.17) is 9.53 Å². The summed E-state index contributed by atoms with van der Waals surface area (Å²) in [6, 6.07) is 17.9. The summed E-state index contributed by atoms with van der Waals surface area (Å²) in [4.78, 5) is 36.6. The van der Waals surface area contributed by atoms with Crippen molar-refractivity contribution in [1.82, 2.24) is 20.2 Å². The van der Waals surface area contributed by atoms with Crippen molar-refractivity contribution in [2.45, 2.75) is 47.6 Å². The Hall–Kier alpha value is -4.90. The molecule has 0 saturated carbocycles. The van der Waals surface area contributed by atoms with Gasteiger partial charge < -0.3 is 24.7 Å². The van der Waals surface area contributed by atoms with Crippen molar-refractivity contribution in [2.24, 2.45) is 5.92 Å². The number of aldehydes is 1. The van der Waals surface area contributed by atoms with E-state index in [-0.39, 0.29) is 6.03 Å². The van der Waals surface area contributed by atoms with Crippen molar-refractivity contribution in [1.29, 1.82) is 0 Å². The van der Waals surface area contributed by atoms with Crippen LogP contribution in [0.1, 0.15) is 62.7 Å². The number of imidazole rings is 1. The van der Waals surface area contributed by atoms with Crippen molar-refractivity contribution >= 4 is 24.7 Å². The molecule has 2 amide bonds. The predicted molar refractivity (Wildman–Crippen MR) is 175 cm³/mol. The van der Waals surface area contributed by atoms with Crippen LogP contribution in [0.3, 0.4) is 0 Å². The van der Waals surface area contributed by atoms with Gasteiger partial charge in [-0.2, -0.15) is 4.98 Å². The third-order valence-electron chi connectivity index (χ3n) is 6.35. The Kier molecular flexibility index (Phi) is 16.2. The normalized spacial score (nSPS) is 11.2. The Morgan fingerprint density at radius 3 is 2.21 bits per heavy atom. The molecule has 0 aliphatic heterocycles. The number of nitrogens with one attached hydrogen (secondary N) is 2. The van der Waals surface area contributed by atoms with Crippen LogP contribution < -0.4 is 15.4 Å². The van der Waals surface area contributed by atoms with Gasteiger partial charge in [-0.15, -0.1) is 12.8 Å². The molecule has 0 saturated heterocycles. The number of methoxy groups -OCH3 is 1. The fourth-order valence-electron chi connectivity index (χ4n) is 4.58. The third kappa shape index (κ3) is 10.8. The van der Waals surface area contributed by atoms with Crippen LogP contribution in [-0.2, 0) is 11.3 Å². The number of benzene rings is 2. The lowest BCUT2D eigenvalue weighted by atomic mass is 9.95. The topological polar surface area (TPSA) is 102 Å². The van der Waals surface area contributed by atoms with Gasteiger partial charge in [0.15, 0.2) is 6.29 Å². The molecule has 3 rings (SSSR count). The van der Waals surface area contributed by atoms with Crippen LogP contribution in [0.5, 0.6) is 5.88 Å². The first-order valence-electron chi connectivity index (χ1n) is 14.0. The molecule has 0 fully saturated rings. The second-order valence-corrected chi connectivity index (χ2v) is 10.1. The number of hydrogen-bond donors (Lipinski definition) is 2. The largest absolute Gasteiger partial charge is 0.479 e. The Labute approximate surface area is 256 Å². The third-order valence-corrected chi connectivity index (χ3v) is 6.35. The highest BCUT2D eigenvalue weighted by molar-refractivity contribution is 5.80. The number of ether oxygens (including phenoxy) is 1. The summed E-state index contributed by atoms with van der Waals surface area (Å²) in [5, 5.41) is 5.72. The van der Waals surface area contributed by atoms with Crippen molar-refractivity contribution < 1.29 is 19.1 Å². The van der Waals surface area contributed by atoms with Crippen molar-refractivity contribution in [2.75, 3.05) is 20.2 Å². The number of carbonyl (C=O) groups excluding carboxylic acids is 3. The Bertz CT molecular complexity index is 1380. The quantitative estimate of drug-likeness (QED) is 0.142. The van der Waals surface area contributed by atoms with E-state index < -0.39 is 0 Å². The standard InChI is InChI=1S/C32H40N4O3.C2H2.CH2O/c1-7-33-32(38)34-19-24(5)28(18-23(4)17-22(2)3)26-15-13-25(14-16-26)20-36-29(21-37)31(39-6)35-30(36)27-11-9-8-10-12-27;2*1-2/h8-16,18,21-22H,7,17,19-20H2,1-6H3,(H2,33,34,38);1-2H;1H2/b23-18+,28-24-;;. The second kappa shape index (κ2) is 19.3. The van der Waals surface area contributed by atoms with E-state index in [9.17, 15) is 9.59 Å². The van der Waals surface area contributed by atoms with Crippen molar-refractivity contribution in [3.8, 4) is 30.1 Å². The Morgan fingerprint density at radius 2 is 1.67 bits per heavy atom. The molecule has 0 bridgehead atoms. The molecule has 2 N–H and O–H groups in total. The lowest BCUT2D eigenvalue weighted by molar-refractivity contribution is -0.0980. The SMILES string of the molecule is C#C.C=O.CCNC(=O)NC/C(C)=C(/C=C(\C)CC(C)C)c1ccc(Cn2c(-c3ccccc3)nc(OC)c2C=O)cc1. The van der Waals surface area contributed by atoms with Crippen LogP contribution in [0.15, 0.2) is 71.8 Å². The number of terminal acetylenes is 1. The molecular weight excluding hydrogens is 540 g/mol. The number of hydrogen-bond acceptors (Lipinski definition) is 5. The van der Waals surface area contributed by atoms with E-state index >= 15 is 0 Å². The molecule has 0 spiro atoms. The average Bonchev–Trinajstić information content (AvgIpc) is 3.38. The number of amides is 2. The van der Waals surface area contributed by atoms with Gasteiger partial charge in [0, 0.05) is 25.2 Å². The van der Waals surface area contributed by atoms with Crippen LogP contribution in [0.4, 0.5) is 4.79 Å².